The molecule has 0 radical (unpaired) electrons. The van der Waals surface area contributed by atoms with Crippen molar-refractivity contribution in [3.63, 3.8) is 0 Å². The first kappa shape index (κ1) is 18.3. The molecule has 0 aliphatic carbocycles. The van der Waals surface area contributed by atoms with Crippen LogP contribution in [0.2, 0.25) is 0 Å². The number of carbonyl (C=O) groups is 2. The Morgan fingerprint density at radius 3 is 1.92 bits per heavy atom. The first-order chi connectivity index (χ1) is 4.54. The second-order valence-electron chi connectivity index (χ2n) is 2.13. The van der Waals surface area contributed by atoms with Gasteiger partial charge in [0.05, 0.1) is 0 Å². The zero-order valence-electron chi connectivity index (χ0n) is 6.23. The van der Waals surface area contributed by atoms with Crippen molar-refractivity contribution in [2.75, 3.05) is 0 Å². The molecule has 4 nitrogen and oxygen atoms in total. The van der Waals surface area contributed by atoms with E-state index in [9.17, 15) is 19.8 Å². The second-order valence-corrected chi connectivity index (χ2v) is 2.13. The van der Waals surface area contributed by atoms with Gasteiger partial charge in [-0.25, -0.2) is 0 Å². The predicted octanol–water partition coefficient (Wildman–Crippen LogP) is -2.10. The topological polar surface area (TPSA) is 80.3 Å². The number of carboxylic acids is 2. The van der Waals surface area contributed by atoms with E-state index in [-0.39, 0.29) is 57.6 Å². The number of carboxylic acid groups (broad SMARTS) is 2. The molecule has 0 heterocycles. The number of aliphatic carboxylic acids is 2. The van der Waals surface area contributed by atoms with E-state index in [2.05, 4.69) is 0 Å². The van der Waals surface area contributed by atoms with Crippen LogP contribution in [0, 0.1) is 5.92 Å². The molecule has 0 aromatic rings. The van der Waals surface area contributed by atoms with Gasteiger partial charge in [0.25, 0.3) is 0 Å². The molecule has 0 spiro atoms. The molecule has 1 atom stereocenters. The van der Waals surface area contributed by atoms with E-state index in [0.717, 1.165) is 0 Å². The Labute approximate surface area is 102 Å². The Balaban J connectivity index is -0.000000405. The van der Waals surface area contributed by atoms with Crippen LogP contribution in [0.1, 0.15) is 19.8 Å². The van der Waals surface area contributed by atoms with Crippen LogP contribution in [-0.2, 0) is 54.3 Å². The van der Waals surface area contributed by atoms with Crippen LogP contribution in [-0.4, -0.2) is 11.9 Å². The number of hydrogen-bond acceptors (Lipinski definition) is 4. The van der Waals surface area contributed by atoms with Gasteiger partial charge in [-0.1, -0.05) is 6.92 Å². The first-order valence-corrected chi connectivity index (χ1v) is 2.94. The van der Waals surface area contributed by atoms with Gasteiger partial charge < -0.3 is 19.8 Å². The molecule has 6 heteroatoms. The van der Waals surface area contributed by atoms with Gasteiger partial charge in [-0.05, 0) is 18.8 Å². The molecule has 0 aromatic heterocycles. The third kappa shape index (κ3) is 10.4. The molecule has 78 valence electrons. The molecule has 0 aromatic carbocycles. The summed E-state index contributed by atoms with van der Waals surface area (Å²) in [5.74, 6) is -3.16. The molecule has 0 saturated heterocycles. The monoisotopic (exact) mass is 358 g/mol. The maximum atomic E-state index is 9.99. The fourth-order valence-electron chi connectivity index (χ4n) is 0.452. The predicted molar refractivity (Wildman–Crippen MR) is 28.4 cm³/mol. The molecule has 0 fully saturated rings. The van der Waals surface area contributed by atoms with Crippen molar-refractivity contribution in [1.82, 2.24) is 0 Å². The Bertz CT molecular complexity index is 148. The van der Waals surface area contributed by atoms with Crippen molar-refractivity contribution >= 4 is 11.9 Å². The van der Waals surface area contributed by atoms with Crippen molar-refractivity contribution in [2.45, 2.75) is 19.8 Å². The fraction of sp³-hybridized carbons (Fsp3) is 0.667. The van der Waals surface area contributed by atoms with Crippen LogP contribution in [0.15, 0.2) is 0 Å². The van der Waals surface area contributed by atoms with Gasteiger partial charge in [0, 0.05) is 11.9 Å². The van der Waals surface area contributed by atoms with Crippen LogP contribution in [0.5, 0.6) is 0 Å². The summed E-state index contributed by atoms with van der Waals surface area (Å²) in [5.41, 5.74) is 0. The summed E-state index contributed by atoms with van der Waals surface area (Å²) in [7, 11) is 0. The van der Waals surface area contributed by atoms with Crippen LogP contribution in [0.4, 0.5) is 0 Å². The van der Waals surface area contributed by atoms with Crippen molar-refractivity contribution in [3.8, 4) is 0 Å². The summed E-state index contributed by atoms with van der Waals surface area (Å²) in [5, 5.41) is 19.8. The Hall–Kier alpha value is 0.421. The fourth-order valence-corrected chi connectivity index (χ4v) is 0.452. The van der Waals surface area contributed by atoms with Gasteiger partial charge in [0.2, 0.25) is 0 Å². The Morgan fingerprint density at radius 2 is 1.67 bits per heavy atom. The summed E-state index contributed by atoms with van der Waals surface area (Å²) < 4.78 is 0. The third-order valence-electron chi connectivity index (χ3n) is 1.18. The minimum Gasteiger partial charge on any atom is -0.550 e. The molecule has 12 heavy (non-hydrogen) atoms. The minimum absolute atomic E-state index is 0. The van der Waals surface area contributed by atoms with E-state index < -0.39 is 17.9 Å². The SMILES string of the molecule is CC(CCC(=O)[O-])C(=O)[O-].[Ag+].[Ag+]. The third-order valence-corrected chi connectivity index (χ3v) is 1.18. The molecule has 0 amide bonds. The molecule has 0 aliphatic rings. The van der Waals surface area contributed by atoms with E-state index in [1.807, 2.05) is 0 Å². The summed E-state index contributed by atoms with van der Waals surface area (Å²) in [6.07, 6.45) is -0.153. The number of rotatable bonds is 4. The van der Waals surface area contributed by atoms with E-state index in [1.54, 1.807) is 0 Å². The van der Waals surface area contributed by atoms with Crippen LogP contribution >= 0.6 is 0 Å². The molecule has 0 rings (SSSR count). The standard InChI is InChI=1S/C6H10O4.2Ag/c1-4(6(9)10)2-3-5(7)8;;/h4H,2-3H2,1H3,(H,7,8)(H,9,10);;/q;2*+1/p-2. The van der Waals surface area contributed by atoms with Gasteiger partial charge in [-0.3, -0.25) is 0 Å². The van der Waals surface area contributed by atoms with Gasteiger partial charge in [0.1, 0.15) is 0 Å². The average molecular weight is 360 g/mol. The van der Waals surface area contributed by atoms with Gasteiger partial charge in [0.15, 0.2) is 0 Å². The second kappa shape index (κ2) is 9.51. The molecule has 0 aliphatic heterocycles. The van der Waals surface area contributed by atoms with Gasteiger partial charge in [-0.15, -0.1) is 0 Å². The zero-order valence-corrected chi connectivity index (χ0v) is 9.19. The molecule has 0 saturated carbocycles. The van der Waals surface area contributed by atoms with E-state index in [1.165, 1.54) is 6.92 Å². The van der Waals surface area contributed by atoms with Crippen LogP contribution < -0.4 is 10.2 Å². The van der Waals surface area contributed by atoms with Crippen molar-refractivity contribution in [1.29, 1.82) is 0 Å². The molecular formula is C6H8Ag2O4. The van der Waals surface area contributed by atoms with Gasteiger partial charge >= 0.3 is 44.8 Å². The molecule has 0 N–H and O–H groups in total. The summed E-state index contributed by atoms with van der Waals surface area (Å²) in [6, 6.07) is 0. The molecular weight excluding hydrogens is 352 g/mol. The first-order valence-electron chi connectivity index (χ1n) is 2.94. The van der Waals surface area contributed by atoms with Crippen molar-refractivity contribution < 1.29 is 64.6 Å². The van der Waals surface area contributed by atoms with Crippen molar-refractivity contribution in [2.24, 2.45) is 5.92 Å². The Kier molecular flexibility index (Phi) is 14.5. The van der Waals surface area contributed by atoms with Crippen molar-refractivity contribution in [3.05, 3.63) is 0 Å². The van der Waals surface area contributed by atoms with Gasteiger partial charge in [-0.2, -0.15) is 0 Å². The van der Waals surface area contributed by atoms with E-state index in [4.69, 9.17) is 0 Å². The summed E-state index contributed by atoms with van der Waals surface area (Å²) in [6.45, 7) is 1.40. The van der Waals surface area contributed by atoms with E-state index >= 15 is 0 Å². The summed E-state index contributed by atoms with van der Waals surface area (Å²) >= 11 is 0. The Morgan fingerprint density at radius 1 is 1.25 bits per heavy atom. The molecule has 1 unspecified atom stereocenters. The normalized spacial score (nSPS) is 10.4. The number of carbonyl (C=O) groups excluding carboxylic acids is 2. The van der Waals surface area contributed by atoms with Crippen LogP contribution in [0.3, 0.4) is 0 Å². The minimum atomic E-state index is -1.23. The summed E-state index contributed by atoms with van der Waals surface area (Å²) in [4.78, 5) is 19.8. The average Bonchev–Trinajstić information content (AvgIpc) is 1.82. The quantitative estimate of drug-likeness (QED) is 0.538. The maximum absolute atomic E-state index is 9.99. The smallest absolute Gasteiger partial charge is 0.550 e. The maximum Gasteiger partial charge on any atom is 1.00 e. The van der Waals surface area contributed by atoms with E-state index in [0.29, 0.717) is 0 Å². The largest absolute Gasteiger partial charge is 1.00 e. The zero-order chi connectivity index (χ0) is 8.15. The number of hydrogen-bond donors (Lipinski definition) is 0. The van der Waals surface area contributed by atoms with Crippen LogP contribution in [0.25, 0.3) is 0 Å². The molecule has 0 bridgehead atoms.